The molecule has 0 radical (unpaired) electrons. The molecule has 2 bridgehead atoms. The Hall–Kier alpha value is -0.820. The summed E-state index contributed by atoms with van der Waals surface area (Å²) in [6, 6.07) is 0.614. The monoisotopic (exact) mass is 359 g/mol. The summed E-state index contributed by atoms with van der Waals surface area (Å²) in [5.74, 6) is 0. The highest BCUT2D eigenvalue weighted by molar-refractivity contribution is 9.11. The molecule has 2 unspecified atom stereocenters. The Bertz CT molecular complexity index is 528. The molecule has 0 saturated carbocycles. The lowest BCUT2D eigenvalue weighted by molar-refractivity contribution is 0.0215. The molecule has 2 saturated heterocycles. The topological polar surface area (TPSA) is 45.7 Å². The SMILES string of the molecule is CC(C)(C)OC(=O)N1CC2CC1CN2c1ncc(Br)s1. The highest BCUT2D eigenvalue weighted by Crippen LogP contribution is 2.37. The first-order chi connectivity index (χ1) is 9.33. The number of amides is 1. The molecule has 0 spiro atoms. The number of piperazine rings is 1. The maximum Gasteiger partial charge on any atom is 0.410 e. The van der Waals surface area contributed by atoms with Crippen molar-refractivity contribution in [3.8, 4) is 0 Å². The highest BCUT2D eigenvalue weighted by atomic mass is 79.9. The van der Waals surface area contributed by atoms with Crippen molar-refractivity contribution in [3.05, 3.63) is 9.98 Å². The third-order valence-electron chi connectivity index (χ3n) is 3.58. The number of hydrogen-bond donors (Lipinski definition) is 0. The number of thiazole rings is 1. The van der Waals surface area contributed by atoms with Gasteiger partial charge in [-0.1, -0.05) is 11.3 Å². The molecule has 1 aromatic heterocycles. The Morgan fingerprint density at radius 1 is 1.45 bits per heavy atom. The summed E-state index contributed by atoms with van der Waals surface area (Å²) in [6.07, 6.45) is 2.65. The van der Waals surface area contributed by atoms with Gasteiger partial charge in [0.2, 0.25) is 0 Å². The first kappa shape index (κ1) is 14.1. The molecular formula is C13H18BrN3O2S. The molecule has 3 heterocycles. The average molecular weight is 360 g/mol. The Kier molecular flexibility index (Phi) is 3.44. The molecule has 2 aliphatic heterocycles. The number of likely N-dealkylation sites (tertiary alicyclic amines) is 1. The van der Waals surface area contributed by atoms with Crippen LogP contribution in [0.25, 0.3) is 0 Å². The summed E-state index contributed by atoms with van der Waals surface area (Å²) in [6.45, 7) is 7.29. The molecule has 20 heavy (non-hydrogen) atoms. The van der Waals surface area contributed by atoms with Gasteiger partial charge in [-0.3, -0.25) is 0 Å². The van der Waals surface area contributed by atoms with E-state index in [-0.39, 0.29) is 12.1 Å². The van der Waals surface area contributed by atoms with E-state index in [9.17, 15) is 4.79 Å². The van der Waals surface area contributed by atoms with Crippen LogP contribution in [-0.4, -0.2) is 46.8 Å². The van der Waals surface area contributed by atoms with Crippen molar-refractivity contribution in [2.24, 2.45) is 0 Å². The van der Waals surface area contributed by atoms with Crippen molar-refractivity contribution < 1.29 is 9.53 Å². The van der Waals surface area contributed by atoms with Crippen molar-refractivity contribution in [1.82, 2.24) is 9.88 Å². The molecule has 2 atom stereocenters. The van der Waals surface area contributed by atoms with E-state index in [0.717, 1.165) is 28.4 Å². The summed E-state index contributed by atoms with van der Waals surface area (Å²) in [4.78, 5) is 20.7. The molecule has 5 nitrogen and oxygen atoms in total. The minimum Gasteiger partial charge on any atom is -0.444 e. The first-order valence-electron chi connectivity index (χ1n) is 6.71. The molecule has 0 N–H and O–H groups in total. The quantitative estimate of drug-likeness (QED) is 0.772. The largest absolute Gasteiger partial charge is 0.444 e. The van der Waals surface area contributed by atoms with Crippen LogP contribution in [0.15, 0.2) is 9.98 Å². The number of ether oxygens (including phenoxy) is 1. The van der Waals surface area contributed by atoms with Gasteiger partial charge < -0.3 is 14.5 Å². The van der Waals surface area contributed by atoms with Crippen molar-refractivity contribution >= 4 is 38.5 Å². The van der Waals surface area contributed by atoms with Gasteiger partial charge in [0.05, 0.1) is 22.1 Å². The Balaban J connectivity index is 1.66. The van der Waals surface area contributed by atoms with E-state index in [2.05, 4.69) is 25.8 Å². The molecule has 110 valence electrons. The van der Waals surface area contributed by atoms with Crippen LogP contribution in [0.4, 0.5) is 9.93 Å². The van der Waals surface area contributed by atoms with Crippen LogP contribution >= 0.6 is 27.3 Å². The van der Waals surface area contributed by atoms with Crippen LogP contribution in [-0.2, 0) is 4.74 Å². The van der Waals surface area contributed by atoms with Crippen LogP contribution < -0.4 is 4.90 Å². The number of carbonyl (C=O) groups excluding carboxylic acids is 1. The zero-order chi connectivity index (χ0) is 14.5. The number of aromatic nitrogens is 1. The lowest BCUT2D eigenvalue weighted by Gasteiger charge is -2.35. The number of carbonyl (C=O) groups is 1. The second-order valence-corrected chi connectivity index (χ2v) is 8.66. The fourth-order valence-electron chi connectivity index (χ4n) is 2.82. The average Bonchev–Trinajstić information content (AvgIpc) is 2.99. The van der Waals surface area contributed by atoms with E-state index in [1.54, 1.807) is 11.3 Å². The number of halogens is 1. The van der Waals surface area contributed by atoms with Crippen LogP contribution in [0.5, 0.6) is 0 Å². The second-order valence-electron chi connectivity index (χ2n) is 6.28. The highest BCUT2D eigenvalue weighted by Gasteiger charge is 2.47. The van der Waals surface area contributed by atoms with Crippen molar-refractivity contribution in [3.63, 3.8) is 0 Å². The van der Waals surface area contributed by atoms with Gasteiger partial charge >= 0.3 is 6.09 Å². The summed E-state index contributed by atoms with van der Waals surface area (Å²) >= 11 is 5.09. The predicted octanol–water partition coefficient (Wildman–Crippen LogP) is 3.10. The van der Waals surface area contributed by atoms with Gasteiger partial charge in [0.1, 0.15) is 5.60 Å². The van der Waals surface area contributed by atoms with Crippen LogP contribution in [0.2, 0.25) is 0 Å². The zero-order valence-corrected chi connectivity index (χ0v) is 14.2. The van der Waals surface area contributed by atoms with Crippen LogP contribution in [0.1, 0.15) is 27.2 Å². The smallest absolute Gasteiger partial charge is 0.410 e. The third kappa shape index (κ3) is 2.65. The van der Waals surface area contributed by atoms with Crippen molar-refractivity contribution in [2.45, 2.75) is 44.9 Å². The van der Waals surface area contributed by atoms with E-state index < -0.39 is 5.60 Å². The fraction of sp³-hybridized carbons (Fsp3) is 0.692. The molecule has 1 aromatic rings. The second kappa shape index (κ2) is 4.87. The van der Waals surface area contributed by atoms with Crippen molar-refractivity contribution in [2.75, 3.05) is 18.0 Å². The molecule has 2 aliphatic rings. The summed E-state index contributed by atoms with van der Waals surface area (Å²) in [5.41, 5.74) is -0.432. The molecule has 0 aliphatic carbocycles. The number of nitrogens with zero attached hydrogens (tertiary/aromatic N) is 3. The first-order valence-corrected chi connectivity index (χ1v) is 8.32. The van der Waals surface area contributed by atoms with Gasteiger partial charge in [-0.05, 0) is 43.1 Å². The van der Waals surface area contributed by atoms with Gasteiger partial charge in [-0.2, -0.15) is 0 Å². The minimum absolute atomic E-state index is 0.190. The Labute approximate surface area is 131 Å². The molecular weight excluding hydrogens is 342 g/mol. The van der Waals surface area contributed by atoms with Gasteiger partial charge in [0, 0.05) is 13.1 Å². The number of hydrogen-bond acceptors (Lipinski definition) is 5. The van der Waals surface area contributed by atoms with E-state index in [0.29, 0.717) is 6.04 Å². The van der Waals surface area contributed by atoms with E-state index in [1.165, 1.54) is 0 Å². The summed E-state index contributed by atoms with van der Waals surface area (Å²) < 4.78 is 6.51. The summed E-state index contributed by atoms with van der Waals surface area (Å²) in [7, 11) is 0. The van der Waals surface area contributed by atoms with E-state index >= 15 is 0 Å². The van der Waals surface area contributed by atoms with Crippen molar-refractivity contribution in [1.29, 1.82) is 0 Å². The maximum atomic E-state index is 12.2. The number of rotatable bonds is 1. The third-order valence-corrected chi connectivity index (χ3v) is 5.09. The number of fused-ring (bicyclic) bond motifs is 2. The Morgan fingerprint density at radius 2 is 2.20 bits per heavy atom. The van der Waals surface area contributed by atoms with Gasteiger partial charge in [0.25, 0.3) is 0 Å². The molecule has 0 aromatic carbocycles. The molecule has 7 heteroatoms. The minimum atomic E-state index is -0.432. The molecule has 3 rings (SSSR count). The molecule has 2 fully saturated rings. The Morgan fingerprint density at radius 3 is 2.70 bits per heavy atom. The van der Waals surface area contributed by atoms with E-state index in [4.69, 9.17) is 4.74 Å². The maximum absolute atomic E-state index is 12.2. The standard InChI is InChI=1S/C13H18BrN3O2S/c1-13(2,3)19-12(18)17-7-8-4-9(17)6-16(8)11-15-5-10(14)20-11/h5,8-9H,4,6-7H2,1-3H3. The lowest BCUT2D eigenvalue weighted by Crippen LogP contribution is -2.50. The number of anilines is 1. The lowest BCUT2D eigenvalue weighted by atomic mass is 10.2. The van der Waals surface area contributed by atoms with Gasteiger partial charge in [-0.25, -0.2) is 9.78 Å². The normalized spacial score (nSPS) is 25.4. The fourth-order valence-corrected chi connectivity index (χ4v) is 4.09. The van der Waals surface area contributed by atoms with E-state index in [1.807, 2.05) is 31.9 Å². The van der Waals surface area contributed by atoms with Gasteiger partial charge in [0.15, 0.2) is 5.13 Å². The molecule has 1 amide bonds. The summed E-state index contributed by atoms with van der Waals surface area (Å²) in [5, 5.41) is 1.04. The predicted molar refractivity (Wildman–Crippen MR) is 82.3 cm³/mol. The van der Waals surface area contributed by atoms with Crippen LogP contribution in [0, 0.1) is 0 Å². The van der Waals surface area contributed by atoms with Crippen LogP contribution in [0.3, 0.4) is 0 Å². The zero-order valence-electron chi connectivity index (χ0n) is 11.8. The van der Waals surface area contributed by atoms with Gasteiger partial charge in [-0.15, -0.1) is 0 Å².